The fourth-order valence-corrected chi connectivity index (χ4v) is 20.3. The first-order chi connectivity index (χ1) is 50.2. The van der Waals surface area contributed by atoms with Gasteiger partial charge < -0.3 is 173 Å². The van der Waals surface area contributed by atoms with Crippen LogP contribution in [0.3, 0.4) is 0 Å². The van der Waals surface area contributed by atoms with Gasteiger partial charge >= 0.3 is 11.9 Å². The Morgan fingerprint density at radius 3 is 1.61 bits per heavy atom. The van der Waals surface area contributed by atoms with Crippen LogP contribution in [0.1, 0.15) is 113 Å². The average molecular weight is 1540 g/mol. The molecule has 7 saturated heterocycles. The van der Waals surface area contributed by atoms with Crippen LogP contribution in [0.4, 0.5) is 0 Å². The molecule has 1 unspecified atom stereocenters. The first-order valence-corrected chi connectivity index (χ1v) is 37.0. The number of carboxylic acids is 1. The van der Waals surface area contributed by atoms with Crippen LogP contribution in [0.2, 0.25) is 0 Å². The van der Waals surface area contributed by atoms with Gasteiger partial charge in [0.1, 0.15) is 146 Å². The van der Waals surface area contributed by atoms with Crippen LogP contribution >= 0.6 is 0 Å². The molecule has 107 heavy (non-hydrogen) atoms. The number of esters is 1. The van der Waals surface area contributed by atoms with Crippen molar-refractivity contribution in [2.75, 3.05) is 26.4 Å². The van der Waals surface area contributed by atoms with Crippen LogP contribution < -0.4 is 0 Å². The first-order valence-electron chi connectivity index (χ1n) is 37.0. The van der Waals surface area contributed by atoms with E-state index in [0.29, 0.717) is 38.5 Å². The second kappa shape index (κ2) is 31.4. The number of fused-ring (bicyclic) bond motifs is 7. The molecule has 12 rings (SSSR count). The molecule has 0 aromatic rings. The molecule has 20 N–H and O–H groups in total. The molecule has 612 valence electrons. The van der Waals surface area contributed by atoms with Crippen molar-refractivity contribution in [2.45, 2.75) is 328 Å². The maximum atomic E-state index is 16.2. The normalized spacial score (nSPS) is 55.0. The molecule has 37 heteroatoms. The van der Waals surface area contributed by atoms with E-state index in [1.54, 1.807) is 6.92 Å². The van der Waals surface area contributed by atoms with Gasteiger partial charge in [0.15, 0.2) is 49.9 Å². The van der Waals surface area contributed by atoms with Crippen molar-refractivity contribution < 1.29 is 183 Å². The summed E-state index contributed by atoms with van der Waals surface area (Å²) < 4.78 is 84.7. The van der Waals surface area contributed by atoms with Crippen molar-refractivity contribution in [1.29, 1.82) is 0 Å². The van der Waals surface area contributed by atoms with Crippen molar-refractivity contribution in [3.63, 3.8) is 0 Å². The lowest BCUT2D eigenvalue weighted by Crippen LogP contribution is -2.69. The molecule has 0 amide bonds. The molecular weight excluding hydrogens is 1430 g/mol. The largest absolute Gasteiger partial charge is 0.479 e. The summed E-state index contributed by atoms with van der Waals surface area (Å²) in [5, 5.41) is 221. The molecule has 0 bridgehead atoms. The third-order valence-electron chi connectivity index (χ3n) is 26.9. The van der Waals surface area contributed by atoms with E-state index in [4.69, 9.17) is 66.3 Å². The minimum absolute atomic E-state index is 0.00411. The lowest BCUT2D eigenvalue weighted by Gasteiger charge is -2.71. The summed E-state index contributed by atoms with van der Waals surface area (Å²) in [6.45, 7) is 11.9. The van der Waals surface area contributed by atoms with E-state index in [-0.39, 0.29) is 25.2 Å². The maximum Gasteiger partial charge on any atom is 0.335 e. The summed E-state index contributed by atoms with van der Waals surface area (Å²) in [6, 6.07) is 0. The standard InChI is InChI=1S/C70H110O37/c1-24-36(77)40(81)44(85)58(96-24)102-51-29(75)22-95-63(55(51)106-61-49(90)53(104-60-46(87)42(83)39(80)31(20-72)99-60)50(25(2)97-61)101-57-43(84)37(78)28(74)21-94-57)107-64(93)70-16-15-65(3,4)17-27(70)26-9-10-33-66(5)13-12-35(67(6,23-73)32(66)11-14-68(33,7)69(26,8)18-34(70)76)100-62-48(89)52(47(88)54(105-62)56(91)92)103-59-45(86)41(82)38(79)30(19-71)98-59/h9,23-25,27-55,57-63,71-72,74-90H,10-22H2,1-8H3,(H,91,92)/t24-,25+,27+,28-,29+,30-,31-,32?,33-,34-,35+,36+,37+,38-,39+,40+,41+,42+,43-,44-,45-,46-,47+,48-,49-,50+,51+,52+,53+,54+,55-,57+,58+,59+,60+,61+,62-,63+,66+,67+,68-,69-,70-/m1/s1. The lowest BCUT2D eigenvalue weighted by atomic mass is 9.33. The zero-order valence-corrected chi connectivity index (χ0v) is 60.7. The van der Waals surface area contributed by atoms with Gasteiger partial charge in [-0.05, 0) is 111 Å². The number of aliphatic hydroxyl groups is 19. The Kier molecular flexibility index (Phi) is 24.5. The zero-order valence-electron chi connectivity index (χ0n) is 60.7. The Hall–Kier alpha value is -2.93. The van der Waals surface area contributed by atoms with Gasteiger partial charge in [-0.25, -0.2) is 4.79 Å². The SMILES string of the molecule is C[C@@H]1O[C@@H](O[C@H]2[C@H](OC(=O)[C@]34CCC(C)(C)C[C@H]3C3=CC[C@@H]5[C@@]6(C)CC[C@H](O[C@@H]7O[C@H](C(=O)O)[C@@H](O)[C@H](O[C@@H]8O[C@H](CO)[C@@H](O)[C@H](O)[C@H]8O)[C@H]7O)[C@@](C)(C=O)C6CC[C@@]5(C)[C@]3(C)C[C@H]4O)OC[C@H](O)[C@@H]2O[C@@H]2O[C@H](C)[C@H](O)[C@H](O)[C@H]2O)[C@H](O)[C@H](O[C@@H]2O[C@H](CO)[C@H](O)[C@H](O)[C@H]2O)[C@H]1O[C@@H]1OC[C@@H](O)[C@H](O)[C@H]1O. The average Bonchev–Trinajstić information content (AvgIpc) is 0.670. The maximum absolute atomic E-state index is 16.2. The van der Waals surface area contributed by atoms with Gasteiger partial charge in [-0.2, -0.15) is 0 Å². The van der Waals surface area contributed by atoms with Crippen molar-refractivity contribution >= 4 is 18.2 Å². The Morgan fingerprint density at radius 1 is 0.486 bits per heavy atom. The van der Waals surface area contributed by atoms with Gasteiger partial charge in [-0.3, -0.25) is 4.79 Å². The Morgan fingerprint density at radius 2 is 1.00 bits per heavy atom. The third-order valence-corrected chi connectivity index (χ3v) is 26.9. The highest BCUT2D eigenvalue weighted by molar-refractivity contribution is 5.80. The molecule has 5 aliphatic carbocycles. The molecule has 12 aliphatic rings. The van der Waals surface area contributed by atoms with Crippen LogP contribution in [-0.2, 0) is 80.7 Å². The molecule has 7 aliphatic heterocycles. The van der Waals surface area contributed by atoms with Crippen molar-refractivity contribution in [2.24, 2.45) is 50.2 Å². The van der Waals surface area contributed by atoms with Crippen molar-refractivity contribution in [1.82, 2.24) is 0 Å². The van der Waals surface area contributed by atoms with Gasteiger partial charge in [0.25, 0.3) is 0 Å². The zero-order chi connectivity index (χ0) is 78.2. The second-order valence-electron chi connectivity index (χ2n) is 33.6. The summed E-state index contributed by atoms with van der Waals surface area (Å²) in [6.07, 6.45) is -58.4. The summed E-state index contributed by atoms with van der Waals surface area (Å²) in [5.74, 6) is -4.11. The van der Waals surface area contributed by atoms with Gasteiger partial charge in [0, 0.05) is 0 Å². The summed E-state index contributed by atoms with van der Waals surface area (Å²) in [7, 11) is 0. The number of rotatable bonds is 18. The predicted molar refractivity (Wildman–Crippen MR) is 348 cm³/mol. The highest BCUT2D eigenvalue weighted by atomic mass is 16.8. The molecule has 4 saturated carbocycles. The van der Waals surface area contributed by atoms with Crippen LogP contribution in [-0.4, -0.2) is 362 Å². The highest BCUT2D eigenvalue weighted by Gasteiger charge is 2.73. The van der Waals surface area contributed by atoms with Crippen molar-refractivity contribution in [3.05, 3.63) is 11.6 Å². The summed E-state index contributed by atoms with van der Waals surface area (Å²) in [5.41, 5.74) is -4.96. The number of aliphatic hydroxyl groups excluding tert-OH is 19. The van der Waals surface area contributed by atoms with E-state index in [2.05, 4.69) is 26.8 Å². The molecule has 43 atom stereocenters. The number of hydrogen-bond donors (Lipinski definition) is 20. The van der Waals surface area contributed by atoms with E-state index in [1.165, 1.54) is 13.8 Å². The predicted octanol–water partition coefficient (Wildman–Crippen LogP) is -6.99. The number of aldehydes is 1. The fourth-order valence-electron chi connectivity index (χ4n) is 20.3. The van der Waals surface area contributed by atoms with Gasteiger partial charge in [0.05, 0.1) is 56.3 Å². The number of carbonyl (C=O) groups is 3. The molecule has 0 radical (unpaired) electrons. The number of ether oxygens (including phenoxy) is 14. The summed E-state index contributed by atoms with van der Waals surface area (Å²) in [4.78, 5) is 42.8. The first kappa shape index (κ1) is 83.5. The Balaban J connectivity index is 0.834. The molecule has 0 spiro atoms. The van der Waals surface area contributed by atoms with E-state index in [1.807, 2.05) is 13.8 Å². The van der Waals surface area contributed by atoms with Crippen LogP contribution in [0, 0.1) is 50.2 Å². The van der Waals surface area contributed by atoms with Crippen LogP contribution in [0.5, 0.6) is 0 Å². The van der Waals surface area contributed by atoms with E-state index < -0.39 is 298 Å². The van der Waals surface area contributed by atoms with E-state index in [9.17, 15) is 112 Å². The lowest BCUT2D eigenvalue weighted by molar-refractivity contribution is -0.400. The van der Waals surface area contributed by atoms with Crippen LogP contribution in [0.15, 0.2) is 11.6 Å². The smallest absolute Gasteiger partial charge is 0.335 e. The molecule has 0 aromatic heterocycles. The fraction of sp³-hybridized carbons (Fsp3) is 0.929. The third kappa shape index (κ3) is 14.3. The number of aliphatic carboxylic acids is 1. The van der Waals surface area contributed by atoms with E-state index >= 15 is 4.79 Å². The quantitative estimate of drug-likeness (QED) is 0.0262. The Bertz CT molecular complexity index is 3130. The van der Waals surface area contributed by atoms with Crippen molar-refractivity contribution in [3.8, 4) is 0 Å². The Labute approximate surface area is 615 Å². The molecule has 7 heterocycles. The van der Waals surface area contributed by atoms with Crippen LogP contribution in [0.25, 0.3) is 0 Å². The van der Waals surface area contributed by atoms with Gasteiger partial charge in [0.2, 0.25) is 6.29 Å². The molecule has 37 nitrogen and oxygen atoms in total. The second-order valence-corrected chi connectivity index (χ2v) is 33.6. The monoisotopic (exact) mass is 1540 g/mol. The molecular formula is C70H110O37. The topological polar surface area (TPSA) is 585 Å². The van der Waals surface area contributed by atoms with Gasteiger partial charge in [-0.1, -0.05) is 53.2 Å². The summed E-state index contributed by atoms with van der Waals surface area (Å²) >= 11 is 0. The van der Waals surface area contributed by atoms with E-state index in [0.717, 1.165) is 11.9 Å². The highest BCUT2D eigenvalue weighted by Crippen LogP contribution is 2.76. The number of allylic oxidation sites excluding steroid dienone is 2. The number of carbonyl (C=O) groups excluding carboxylic acids is 2. The number of hydrogen-bond acceptors (Lipinski definition) is 36. The minimum atomic E-state index is -2.22. The number of carboxylic acid groups (broad SMARTS) is 1. The molecule has 0 aromatic carbocycles. The molecule has 11 fully saturated rings. The minimum Gasteiger partial charge on any atom is -0.479 e. The van der Waals surface area contributed by atoms with Gasteiger partial charge in [-0.15, -0.1) is 0 Å².